The fourth-order valence-electron chi connectivity index (χ4n) is 1.97. The SMILES string of the molecule is CC(c1ccc[nH]1)N1CC[C@@H](N)C1.Cl. The molecule has 1 aliphatic rings. The molecule has 0 aromatic carbocycles. The van der Waals surface area contributed by atoms with Crippen LogP contribution in [0.3, 0.4) is 0 Å². The monoisotopic (exact) mass is 215 g/mol. The largest absolute Gasteiger partial charge is 0.364 e. The van der Waals surface area contributed by atoms with Gasteiger partial charge in [0, 0.05) is 37.1 Å². The Morgan fingerprint density at radius 2 is 2.43 bits per heavy atom. The Kier molecular flexibility index (Phi) is 3.98. The lowest BCUT2D eigenvalue weighted by Crippen LogP contribution is -2.28. The number of hydrogen-bond acceptors (Lipinski definition) is 2. The third-order valence-corrected chi connectivity index (χ3v) is 2.88. The van der Waals surface area contributed by atoms with Gasteiger partial charge >= 0.3 is 0 Å². The van der Waals surface area contributed by atoms with Crippen LogP contribution >= 0.6 is 12.4 Å². The first-order valence-electron chi connectivity index (χ1n) is 4.90. The Balaban J connectivity index is 0.000000980. The smallest absolute Gasteiger partial charge is 0.0470 e. The Labute approximate surface area is 91.1 Å². The van der Waals surface area contributed by atoms with E-state index in [4.69, 9.17) is 5.73 Å². The Morgan fingerprint density at radius 1 is 1.64 bits per heavy atom. The van der Waals surface area contributed by atoms with Crippen LogP contribution in [0.4, 0.5) is 0 Å². The van der Waals surface area contributed by atoms with Gasteiger partial charge in [-0.1, -0.05) is 0 Å². The number of hydrogen-bond donors (Lipinski definition) is 2. The third-order valence-electron chi connectivity index (χ3n) is 2.88. The van der Waals surface area contributed by atoms with Crippen molar-refractivity contribution in [3.05, 3.63) is 24.0 Å². The van der Waals surface area contributed by atoms with Crippen molar-refractivity contribution in [1.29, 1.82) is 0 Å². The van der Waals surface area contributed by atoms with E-state index in [1.54, 1.807) is 0 Å². The topological polar surface area (TPSA) is 45.0 Å². The van der Waals surface area contributed by atoms with Gasteiger partial charge in [0.2, 0.25) is 0 Å². The molecule has 3 nitrogen and oxygen atoms in total. The molecule has 3 N–H and O–H groups in total. The number of nitrogens with two attached hydrogens (primary N) is 1. The summed E-state index contributed by atoms with van der Waals surface area (Å²) in [5.41, 5.74) is 7.15. The van der Waals surface area contributed by atoms with Crippen LogP contribution in [0, 0.1) is 0 Å². The summed E-state index contributed by atoms with van der Waals surface area (Å²) in [5.74, 6) is 0. The van der Waals surface area contributed by atoms with Crippen LogP contribution in [0.1, 0.15) is 25.1 Å². The summed E-state index contributed by atoms with van der Waals surface area (Å²) in [7, 11) is 0. The summed E-state index contributed by atoms with van der Waals surface area (Å²) >= 11 is 0. The Morgan fingerprint density at radius 3 is 2.93 bits per heavy atom. The number of aromatic nitrogens is 1. The summed E-state index contributed by atoms with van der Waals surface area (Å²) in [6, 6.07) is 5.03. The van der Waals surface area contributed by atoms with Crippen molar-refractivity contribution in [2.24, 2.45) is 5.73 Å². The minimum atomic E-state index is 0. The molecule has 80 valence electrons. The average Bonchev–Trinajstić information content (AvgIpc) is 2.72. The zero-order chi connectivity index (χ0) is 9.26. The zero-order valence-corrected chi connectivity index (χ0v) is 9.26. The lowest BCUT2D eigenvalue weighted by molar-refractivity contribution is 0.256. The summed E-state index contributed by atoms with van der Waals surface area (Å²) in [6.45, 7) is 4.38. The van der Waals surface area contributed by atoms with E-state index < -0.39 is 0 Å². The maximum absolute atomic E-state index is 5.86. The van der Waals surface area contributed by atoms with Gasteiger partial charge in [-0.25, -0.2) is 0 Å². The standard InChI is InChI=1S/C10H17N3.ClH/c1-8(10-3-2-5-12-10)13-6-4-9(11)7-13;/h2-3,5,8-9,12H,4,6-7,11H2,1H3;1H/t8?,9-;/m1./s1. The maximum atomic E-state index is 5.86. The van der Waals surface area contributed by atoms with Crippen LogP contribution in [0.2, 0.25) is 0 Å². The summed E-state index contributed by atoms with van der Waals surface area (Å²) in [4.78, 5) is 5.67. The van der Waals surface area contributed by atoms with Crippen LogP contribution in [-0.4, -0.2) is 29.0 Å². The van der Waals surface area contributed by atoms with E-state index in [9.17, 15) is 0 Å². The second-order valence-electron chi connectivity index (χ2n) is 3.85. The normalized spacial score (nSPS) is 24.6. The minimum Gasteiger partial charge on any atom is -0.364 e. The molecule has 4 heteroatoms. The molecule has 0 radical (unpaired) electrons. The molecule has 1 fully saturated rings. The number of H-pyrrole nitrogens is 1. The molecule has 1 unspecified atom stereocenters. The molecule has 1 aromatic heterocycles. The molecule has 2 atom stereocenters. The van der Waals surface area contributed by atoms with Crippen molar-refractivity contribution in [1.82, 2.24) is 9.88 Å². The minimum absolute atomic E-state index is 0. The fraction of sp³-hybridized carbons (Fsp3) is 0.600. The molecule has 2 heterocycles. The zero-order valence-electron chi connectivity index (χ0n) is 8.44. The van der Waals surface area contributed by atoms with E-state index in [0.29, 0.717) is 12.1 Å². The molecule has 1 aliphatic heterocycles. The second-order valence-corrected chi connectivity index (χ2v) is 3.85. The van der Waals surface area contributed by atoms with Crippen LogP contribution in [-0.2, 0) is 0 Å². The first-order valence-corrected chi connectivity index (χ1v) is 4.90. The van der Waals surface area contributed by atoms with E-state index in [0.717, 1.165) is 19.5 Å². The molecule has 1 saturated heterocycles. The average molecular weight is 216 g/mol. The fourth-order valence-corrected chi connectivity index (χ4v) is 1.97. The van der Waals surface area contributed by atoms with Crippen LogP contribution in [0.25, 0.3) is 0 Å². The lowest BCUT2D eigenvalue weighted by atomic mass is 10.2. The third kappa shape index (κ3) is 2.29. The number of aromatic amines is 1. The van der Waals surface area contributed by atoms with Gasteiger partial charge in [-0.2, -0.15) is 0 Å². The molecule has 2 rings (SSSR count). The number of nitrogens with zero attached hydrogens (tertiary/aromatic N) is 1. The van der Waals surface area contributed by atoms with Crippen molar-refractivity contribution in [3.8, 4) is 0 Å². The van der Waals surface area contributed by atoms with Crippen molar-refractivity contribution in [2.45, 2.75) is 25.4 Å². The van der Waals surface area contributed by atoms with Crippen LogP contribution in [0.15, 0.2) is 18.3 Å². The number of rotatable bonds is 2. The van der Waals surface area contributed by atoms with Crippen LogP contribution < -0.4 is 5.73 Å². The summed E-state index contributed by atoms with van der Waals surface area (Å²) in [5, 5.41) is 0. The lowest BCUT2D eigenvalue weighted by Gasteiger charge is -2.22. The van der Waals surface area contributed by atoms with Gasteiger partial charge in [0.25, 0.3) is 0 Å². The van der Waals surface area contributed by atoms with Crippen molar-refractivity contribution < 1.29 is 0 Å². The van der Waals surface area contributed by atoms with Crippen molar-refractivity contribution in [3.63, 3.8) is 0 Å². The molecule has 0 amide bonds. The van der Waals surface area contributed by atoms with E-state index in [1.165, 1.54) is 5.69 Å². The van der Waals surface area contributed by atoms with E-state index in [1.807, 2.05) is 12.3 Å². The predicted molar refractivity (Wildman–Crippen MR) is 60.6 cm³/mol. The molecular weight excluding hydrogens is 198 g/mol. The van der Waals surface area contributed by atoms with Crippen molar-refractivity contribution >= 4 is 12.4 Å². The number of nitrogens with one attached hydrogen (secondary N) is 1. The summed E-state index contributed by atoms with van der Waals surface area (Å²) < 4.78 is 0. The molecular formula is C10H18ClN3. The second kappa shape index (κ2) is 4.82. The maximum Gasteiger partial charge on any atom is 0.0470 e. The van der Waals surface area contributed by atoms with Crippen molar-refractivity contribution in [2.75, 3.05) is 13.1 Å². The first-order chi connectivity index (χ1) is 6.27. The van der Waals surface area contributed by atoms with E-state index in [2.05, 4.69) is 22.9 Å². The predicted octanol–water partition coefficient (Wildman–Crippen LogP) is 1.53. The Bertz CT molecular complexity index is 260. The van der Waals surface area contributed by atoms with Gasteiger partial charge in [-0.3, -0.25) is 4.90 Å². The van der Waals surface area contributed by atoms with Gasteiger partial charge in [0.15, 0.2) is 0 Å². The van der Waals surface area contributed by atoms with Gasteiger partial charge in [0.05, 0.1) is 0 Å². The van der Waals surface area contributed by atoms with Gasteiger partial charge in [-0.05, 0) is 25.5 Å². The molecule has 0 aliphatic carbocycles. The van der Waals surface area contributed by atoms with Gasteiger partial charge in [-0.15, -0.1) is 12.4 Å². The quantitative estimate of drug-likeness (QED) is 0.786. The molecule has 0 spiro atoms. The number of likely N-dealkylation sites (tertiary alicyclic amines) is 1. The summed E-state index contributed by atoms with van der Waals surface area (Å²) in [6.07, 6.45) is 3.10. The van der Waals surface area contributed by atoms with Crippen LogP contribution in [0.5, 0.6) is 0 Å². The Hall–Kier alpha value is -0.510. The highest BCUT2D eigenvalue weighted by atomic mass is 35.5. The van der Waals surface area contributed by atoms with E-state index in [-0.39, 0.29) is 12.4 Å². The first kappa shape index (κ1) is 11.6. The molecule has 0 bridgehead atoms. The molecule has 1 aromatic rings. The molecule has 14 heavy (non-hydrogen) atoms. The van der Waals surface area contributed by atoms with Gasteiger partial charge < -0.3 is 10.7 Å². The van der Waals surface area contributed by atoms with E-state index >= 15 is 0 Å². The highest BCUT2D eigenvalue weighted by Crippen LogP contribution is 2.22. The van der Waals surface area contributed by atoms with Gasteiger partial charge in [0.1, 0.15) is 0 Å². The highest BCUT2D eigenvalue weighted by Gasteiger charge is 2.24. The number of halogens is 1. The molecule has 0 saturated carbocycles. The highest BCUT2D eigenvalue weighted by molar-refractivity contribution is 5.85.